The highest BCUT2D eigenvalue weighted by Gasteiger charge is 2.52. The molecule has 0 aliphatic heterocycles. The summed E-state index contributed by atoms with van der Waals surface area (Å²) in [7, 11) is -4.51. The highest BCUT2D eigenvalue weighted by Crippen LogP contribution is 2.60. The summed E-state index contributed by atoms with van der Waals surface area (Å²) in [4.78, 5) is 0. The second-order valence-corrected chi connectivity index (χ2v) is 12.0. The molecular formula is C25H40O5S. The van der Waals surface area contributed by atoms with Gasteiger partial charge in [-0.05, 0) is 92.1 Å². The average molecular weight is 453 g/mol. The van der Waals surface area contributed by atoms with Gasteiger partial charge in [-0.25, -0.2) is 4.18 Å². The zero-order chi connectivity index (χ0) is 22.9. The van der Waals surface area contributed by atoms with Crippen LogP contribution in [0.2, 0.25) is 0 Å². The Morgan fingerprint density at radius 2 is 2.03 bits per heavy atom. The summed E-state index contributed by atoms with van der Waals surface area (Å²) in [5.41, 5.74) is 2.88. The fourth-order valence-electron chi connectivity index (χ4n) is 6.60. The summed E-state index contributed by atoms with van der Waals surface area (Å²) in [6.07, 6.45) is 13.2. The zero-order valence-corrected chi connectivity index (χ0v) is 20.6. The van der Waals surface area contributed by atoms with Crippen molar-refractivity contribution >= 4 is 10.4 Å². The van der Waals surface area contributed by atoms with Gasteiger partial charge in [0.05, 0.1) is 18.6 Å². The predicted molar refractivity (Wildman–Crippen MR) is 123 cm³/mol. The van der Waals surface area contributed by atoms with Crippen LogP contribution in [0.25, 0.3) is 0 Å². The summed E-state index contributed by atoms with van der Waals surface area (Å²) >= 11 is 0. The third kappa shape index (κ3) is 5.82. The van der Waals surface area contributed by atoms with E-state index >= 15 is 0 Å². The van der Waals surface area contributed by atoms with Gasteiger partial charge in [-0.2, -0.15) is 8.42 Å². The maximum absolute atomic E-state index is 11.7. The summed E-state index contributed by atoms with van der Waals surface area (Å²) in [6, 6.07) is 1.96. The predicted octanol–water partition coefficient (Wildman–Crippen LogP) is 6.62. The van der Waals surface area contributed by atoms with Gasteiger partial charge in [0, 0.05) is 0 Å². The number of fused-ring (bicyclic) bond motifs is 1. The molecular weight excluding hydrogens is 412 g/mol. The molecule has 1 fully saturated rings. The van der Waals surface area contributed by atoms with Crippen LogP contribution in [-0.2, 0) is 21.0 Å². The van der Waals surface area contributed by atoms with Crippen LogP contribution in [0.4, 0.5) is 0 Å². The molecule has 0 aromatic carbocycles. The van der Waals surface area contributed by atoms with E-state index < -0.39 is 16.5 Å². The fourth-order valence-corrected chi connectivity index (χ4v) is 7.18. The van der Waals surface area contributed by atoms with Crippen molar-refractivity contribution in [3.63, 3.8) is 0 Å². The number of rotatable bonds is 9. The minimum Gasteiger partial charge on any atom is -0.472 e. The molecule has 1 aromatic rings. The summed E-state index contributed by atoms with van der Waals surface area (Å²) < 4.78 is 43.3. The first kappa shape index (κ1) is 24.5. The molecule has 5 atom stereocenters. The zero-order valence-electron chi connectivity index (χ0n) is 19.8. The van der Waals surface area contributed by atoms with Crippen LogP contribution >= 0.6 is 0 Å². The molecule has 1 unspecified atom stereocenters. The number of furan rings is 1. The Balaban J connectivity index is 1.77. The second kappa shape index (κ2) is 9.40. The third-order valence-electron chi connectivity index (χ3n) is 8.35. The first-order valence-corrected chi connectivity index (χ1v) is 13.1. The quantitative estimate of drug-likeness (QED) is 0.337. The van der Waals surface area contributed by atoms with Crippen molar-refractivity contribution in [2.75, 3.05) is 0 Å². The van der Waals surface area contributed by atoms with Crippen LogP contribution in [0.5, 0.6) is 0 Å². The van der Waals surface area contributed by atoms with Gasteiger partial charge in [0.1, 0.15) is 0 Å². The minimum absolute atomic E-state index is 0.0159. The van der Waals surface area contributed by atoms with Crippen LogP contribution < -0.4 is 0 Å². The maximum Gasteiger partial charge on any atom is 0.397 e. The van der Waals surface area contributed by atoms with E-state index in [1.807, 2.05) is 13.0 Å². The summed E-state index contributed by atoms with van der Waals surface area (Å²) in [5, 5.41) is 0. The van der Waals surface area contributed by atoms with Crippen LogP contribution in [0.15, 0.2) is 34.7 Å². The molecule has 2 aliphatic rings. The van der Waals surface area contributed by atoms with Gasteiger partial charge in [0.25, 0.3) is 0 Å². The Bertz CT molecular complexity index is 854. The fraction of sp³-hybridized carbons (Fsp3) is 0.760. The van der Waals surface area contributed by atoms with Crippen molar-refractivity contribution in [3.8, 4) is 0 Å². The topological polar surface area (TPSA) is 76.7 Å². The molecule has 0 spiro atoms. The number of hydrogen-bond donors (Lipinski definition) is 1. The molecule has 0 bridgehead atoms. The molecule has 6 heteroatoms. The van der Waals surface area contributed by atoms with Crippen molar-refractivity contribution in [1.82, 2.24) is 0 Å². The number of hydrogen-bond acceptors (Lipinski definition) is 4. The van der Waals surface area contributed by atoms with Crippen LogP contribution in [0.3, 0.4) is 0 Å². The molecule has 1 aromatic heterocycles. The lowest BCUT2D eigenvalue weighted by Crippen LogP contribution is -2.49. The number of aryl methyl sites for hydroxylation is 1. The number of allylic oxidation sites excluding steroid dienone is 2. The van der Waals surface area contributed by atoms with Crippen molar-refractivity contribution in [2.45, 2.75) is 92.1 Å². The molecule has 1 heterocycles. The van der Waals surface area contributed by atoms with E-state index in [0.717, 1.165) is 37.7 Å². The molecule has 2 aliphatic carbocycles. The lowest BCUT2D eigenvalue weighted by atomic mass is 9.48. The first-order valence-electron chi connectivity index (χ1n) is 11.8. The largest absolute Gasteiger partial charge is 0.472 e. The molecule has 0 amide bonds. The summed E-state index contributed by atoms with van der Waals surface area (Å²) in [6.45, 7) is 11.4. The van der Waals surface area contributed by atoms with Gasteiger partial charge in [-0.1, -0.05) is 45.8 Å². The minimum atomic E-state index is -4.51. The summed E-state index contributed by atoms with van der Waals surface area (Å²) in [5.74, 6) is 0.848. The Morgan fingerprint density at radius 1 is 1.29 bits per heavy atom. The van der Waals surface area contributed by atoms with Gasteiger partial charge in [-0.3, -0.25) is 4.55 Å². The van der Waals surface area contributed by atoms with E-state index in [-0.39, 0.29) is 22.7 Å². The van der Waals surface area contributed by atoms with Crippen LogP contribution in [0.1, 0.15) is 85.1 Å². The lowest BCUT2D eigenvalue weighted by molar-refractivity contribution is -0.0517. The Hall–Kier alpha value is -1.11. The van der Waals surface area contributed by atoms with Gasteiger partial charge in [0.2, 0.25) is 0 Å². The Morgan fingerprint density at radius 3 is 2.68 bits per heavy atom. The molecule has 1 saturated carbocycles. The van der Waals surface area contributed by atoms with Gasteiger partial charge in [0.15, 0.2) is 0 Å². The molecule has 3 rings (SSSR count). The van der Waals surface area contributed by atoms with Crippen molar-refractivity contribution in [1.29, 1.82) is 0 Å². The second-order valence-electron chi connectivity index (χ2n) is 10.9. The van der Waals surface area contributed by atoms with Crippen molar-refractivity contribution < 1.29 is 21.6 Å². The van der Waals surface area contributed by atoms with Gasteiger partial charge in [-0.15, -0.1) is 0 Å². The molecule has 0 saturated heterocycles. The normalized spacial score (nSPS) is 30.3. The van der Waals surface area contributed by atoms with E-state index in [9.17, 15) is 13.0 Å². The van der Waals surface area contributed by atoms with E-state index in [1.165, 1.54) is 18.4 Å². The third-order valence-corrected chi connectivity index (χ3v) is 8.84. The SMILES string of the molecule is CC1=CCC2C(C)(C)CCC[C@]2(C)[C@H]1C[C@H](OS(=O)(=O)O)[C@H](C)CCCc1ccoc1. The maximum atomic E-state index is 11.7. The monoisotopic (exact) mass is 452 g/mol. The average Bonchev–Trinajstić information content (AvgIpc) is 3.15. The van der Waals surface area contributed by atoms with Gasteiger partial charge < -0.3 is 4.42 Å². The standard InChI is InChI=1S/C25H40O5S/c1-18-10-11-23-24(3,4)13-7-14-25(23,5)21(18)16-22(30-31(26,27)28)19(2)8-6-9-20-12-15-29-17-20/h10,12,15,17,19,21-23H,6-9,11,13-14,16H2,1-5H3,(H,26,27,28)/t19-,21+,22+,23?,25-/m1/s1. The van der Waals surface area contributed by atoms with Crippen LogP contribution in [0, 0.1) is 28.6 Å². The van der Waals surface area contributed by atoms with Gasteiger partial charge >= 0.3 is 10.4 Å². The van der Waals surface area contributed by atoms with E-state index in [4.69, 9.17) is 8.60 Å². The smallest absolute Gasteiger partial charge is 0.397 e. The highest BCUT2D eigenvalue weighted by atomic mass is 32.3. The van der Waals surface area contributed by atoms with E-state index in [2.05, 4.69) is 33.8 Å². The molecule has 1 N–H and O–H groups in total. The van der Waals surface area contributed by atoms with Crippen molar-refractivity contribution in [3.05, 3.63) is 35.8 Å². The van der Waals surface area contributed by atoms with Crippen molar-refractivity contribution in [2.24, 2.45) is 28.6 Å². The Kier molecular flexibility index (Phi) is 7.44. The first-order chi connectivity index (χ1) is 14.4. The Labute approximate surface area is 188 Å². The van der Waals surface area contributed by atoms with E-state index in [1.54, 1.807) is 12.5 Å². The highest BCUT2D eigenvalue weighted by molar-refractivity contribution is 7.80. The van der Waals surface area contributed by atoms with E-state index in [0.29, 0.717) is 12.3 Å². The van der Waals surface area contributed by atoms with Crippen LogP contribution in [-0.4, -0.2) is 19.1 Å². The molecule has 31 heavy (non-hydrogen) atoms. The molecule has 5 nitrogen and oxygen atoms in total. The molecule has 0 radical (unpaired) electrons. The lowest BCUT2D eigenvalue weighted by Gasteiger charge is -2.57. The molecule has 176 valence electrons.